The number of quaternary nitrogens is 1. The molecule has 3 aromatic rings. The van der Waals surface area contributed by atoms with Crippen LogP contribution in [0.5, 0.6) is 0 Å². The first-order valence-corrected chi connectivity index (χ1v) is 11.9. The minimum absolute atomic E-state index is 0.101. The molecule has 1 aromatic carbocycles. The summed E-state index contributed by atoms with van der Waals surface area (Å²) in [6, 6.07) is 14.6. The summed E-state index contributed by atoms with van der Waals surface area (Å²) in [5.74, 6) is 2.34. The highest BCUT2D eigenvalue weighted by atomic mass is 32.2. The number of fused-ring (bicyclic) bond motifs is 3. The zero-order valence-electron chi connectivity index (χ0n) is 17.4. The van der Waals surface area contributed by atoms with E-state index in [0.29, 0.717) is 18.5 Å². The van der Waals surface area contributed by atoms with Crippen molar-refractivity contribution in [2.75, 3.05) is 13.1 Å². The van der Waals surface area contributed by atoms with Crippen molar-refractivity contribution in [2.45, 2.75) is 42.6 Å². The molecule has 7 nitrogen and oxygen atoms in total. The van der Waals surface area contributed by atoms with Crippen molar-refractivity contribution in [3.63, 3.8) is 0 Å². The van der Waals surface area contributed by atoms with Crippen LogP contribution in [0.1, 0.15) is 24.3 Å². The van der Waals surface area contributed by atoms with Crippen molar-refractivity contribution in [1.29, 1.82) is 0 Å². The first-order valence-electron chi connectivity index (χ1n) is 11.0. The fraction of sp³-hybridized carbons (Fsp3) is 0.435. The van der Waals surface area contributed by atoms with Crippen LogP contribution in [0.15, 0.2) is 64.2 Å². The largest absolute Gasteiger partial charge is 0.467 e. The zero-order valence-corrected chi connectivity index (χ0v) is 18.3. The van der Waals surface area contributed by atoms with Gasteiger partial charge in [0.15, 0.2) is 0 Å². The number of furan rings is 1. The van der Waals surface area contributed by atoms with Crippen molar-refractivity contribution < 1.29 is 14.1 Å². The molecule has 3 aliphatic rings. The summed E-state index contributed by atoms with van der Waals surface area (Å²) in [4.78, 5) is 15.5. The van der Waals surface area contributed by atoms with E-state index in [-0.39, 0.29) is 11.8 Å². The maximum absolute atomic E-state index is 12.7. The van der Waals surface area contributed by atoms with Gasteiger partial charge in [0.2, 0.25) is 5.91 Å². The molecule has 1 amide bonds. The SMILES string of the molecule is O=C(NCc1ccco1)[C@H]1C[NH+]2CC[C@H]1C[C@@H]2Cn1cc(CSc2ccccc2)nn1. The molecule has 1 unspecified atom stereocenters. The molecule has 2 N–H and O–H groups in total. The fourth-order valence-corrected chi connectivity index (χ4v) is 5.73. The van der Waals surface area contributed by atoms with Crippen LogP contribution in [-0.4, -0.2) is 40.0 Å². The Bertz CT molecular complexity index is 991. The summed E-state index contributed by atoms with van der Waals surface area (Å²) >= 11 is 1.78. The third kappa shape index (κ3) is 4.85. The number of benzene rings is 1. The van der Waals surface area contributed by atoms with Gasteiger partial charge >= 0.3 is 0 Å². The van der Waals surface area contributed by atoms with Crippen LogP contribution < -0.4 is 10.2 Å². The number of thioether (sulfide) groups is 1. The molecule has 4 atom stereocenters. The second kappa shape index (κ2) is 9.28. The number of hydrogen-bond donors (Lipinski definition) is 2. The van der Waals surface area contributed by atoms with Gasteiger partial charge in [0.25, 0.3) is 0 Å². The molecule has 2 aromatic heterocycles. The van der Waals surface area contributed by atoms with Crippen LogP contribution in [-0.2, 0) is 23.6 Å². The van der Waals surface area contributed by atoms with E-state index in [2.05, 4.69) is 46.1 Å². The van der Waals surface area contributed by atoms with Gasteiger partial charge in [-0.05, 0) is 30.2 Å². The molecule has 31 heavy (non-hydrogen) atoms. The molecule has 5 heterocycles. The van der Waals surface area contributed by atoms with E-state index < -0.39 is 0 Å². The number of piperidine rings is 3. The van der Waals surface area contributed by atoms with Gasteiger partial charge in [0.05, 0.1) is 44.1 Å². The molecule has 3 aliphatic heterocycles. The summed E-state index contributed by atoms with van der Waals surface area (Å²) in [5, 5.41) is 11.8. The Balaban J connectivity index is 1.13. The highest BCUT2D eigenvalue weighted by molar-refractivity contribution is 7.98. The lowest BCUT2D eigenvalue weighted by Gasteiger charge is -2.46. The van der Waals surface area contributed by atoms with Crippen LogP contribution >= 0.6 is 11.8 Å². The molecular weight excluding hydrogens is 410 g/mol. The second-order valence-electron chi connectivity index (χ2n) is 8.53. The average Bonchev–Trinajstić information content (AvgIpc) is 3.49. The van der Waals surface area contributed by atoms with Gasteiger partial charge in [-0.2, -0.15) is 0 Å². The Morgan fingerprint density at radius 3 is 2.94 bits per heavy atom. The van der Waals surface area contributed by atoms with Crippen LogP contribution in [0.3, 0.4) is 0 Å². The number of nitrogens with one attached hydrogen (secondary N) is 2. The van der Waals surface area contributed by atoms with Gasteiger partial charge in [0, 0.05) is 29.7 Å². The first-order chi connectivity index (χ1) is 15.2. The quantitative estimate of drug-likeness (QED) is 0.524. The van der Waals surface area contributed by atoms with E-state index in [4.69, 9.17) is 4.42 Å². The van der Waals surface area contributed by atoms with E-state index in [0.717, 1.165) is 49.7 Å². The van der Waals surface area contributed by atoms with Gasteiger partial charge < -0.3 is 14.6 Å². The van der Waals surface area contributed by atoms with Crippen molar-refractivity contribution in [3.05, 3.63) is 66.4 Å². The van der Waals surface area contributed by atoms with Crippen LogP contribution in [0.2, 0.25) is 0 Å². The number of amides is 1. The molecule has 0 spiro atoms. The number of rotatable bonds is 8. The Kier molecular flexibility index (Phi) is 6.08. The monoisotopic (exact) mass is 438 g/mol. The number of hydrogen-bond acceptors (Lipinski definition) is 5. The minimum Gasteiger partial charge on any atom is -0.467 e. The predicted octanol–water partition coefficient (Wildman–Crippen LogP) is 1.77. The summed E-state index contributed by atoms with van der Waals surface area (Å²) in [7, 11) is 0. The molecule has 162 valence electrons. The van der Waals surface area contributed by atoms with Gasteiger partial charge in [0.1, 0.15) is 11.8 Å². The lowest BCUT2D eigenvalue weighted by atomic mass is 9.75. The molecule has 3 fully saturated rings. The smallest absolute Gasteiger partial charge is 0.229 e. The van der Waals surface area contributed by atoms with Crippen LogP contribution in [0, 0.1) is 11.8 Å². The molecular formula is C23H28N5O2S+. The summed E-state index contributed by atoms with van der Waals surface area (Å²) < 4.78 is 7.32. The van der Waals surface area contributed by atoms with Gasteiger partial charge in [-0.3, -0.25) is 4.79 Å². The van der Waals surface area contributed by atoms with E-state index in [1.165, 1.54) is 9.80 Å². The fourth-order valence-electron chi connectivity index (χ4n) is 4.93. The summed E-state index contributed by atoms with van der Waals surface area (Å²) in [6.45, 7) is 3.39. The highest BCUT2D eigenvalue weighted by Gasteiger charge is 2.46. The molecule has 2 bridgehead atoms. The Morgan fingerprint density at radius 1 is 1.26 bits per heavy atom. The Labute approximate surface area is 186 Å². The molecule has 0 aliphatic carbocycles. The van der Waals surface area contributed by atoms with Gasteiger partial charge in [-0.1, -0.05) is 23.4 Å². The standard InChI is InChI=1S/C23H27N5O2S/c29-23(24-12-20-5-4-10-30-20)22-15-27-9-8-17(22)11-19(27)14-28-13-18(25-26-28)16-31-21-6-2-1-3-7-21/h1-7,10,13,17,19,22H,8-9,11-12,14-16H2,(H,24,29)/p+1/t17-,19+,22-/m0/s1. The molecule has 0 saturated carbocycles. The summed E-state index contributed by atoms with van der Waals surface area (Å²) in [5.41, 5.74) is 1.01. The van der Waals surface area contributed by atoms with E-state index in [9.17, 15) is 4.79 Å². The van der Waals surface area contributed by atoms with Crippen LogP contribution in [0.4, 0.5) is 0 Å². The molecule has 0 radical (unpaired) electrons. The summed E-state index contributed by atoms with van der Waals surface area (Å²) in [6.07, 6.45) is 5.91. The van der Waals surface area contributed by atoms with Crippen molar-refractivity contribution >= 4 is 17.7 Å². The minimum atomic E-state index is 0.101. The van der Waals surface area contributed by atoms with Crippen LogP contribution in [0.25, 0.3) is 0 Å². The molecule has 3 saturated heterocycles. The molecule has 8 heteroatoms. The second-order valence-corrected chi connectivity index (χ2v) is 9.58. The third-order valence-corrected chi connectivity index (χ3v) is 7.57. The van der Waals surface area contributed by atoms with Crippen molar-refractivity contribution in [1.82, 2.24) is 20.3 Å². The Hall–Kier alpha value is -2.58. The van der Waals surface area contributed by atoms with Crippen molar-refractivity contribution in [3.8, 4) is 0 Å². The highest BCUT2D eigenvalue weighted by Crippen LogP contribution is 2.28. The third-order valence-electron chi connectivity index (χ3n) is 6.53. The number of aromatic nitrogens is 3. The molecule has 6 rings (SSSR count). The average molecular weight is 439 g/mol. The van der Waals surface area contributed by atoms with Gasteiger partial charge in [-0.25, -0.2) is 4.68 Å². The van der Waals surface area contributed by atoms with E-state index in [1.807, 2.05) is 22.9 Å². The van der Waals surface area contributed by atoms with Gasteiger partial charge in [-0.15, -0.1) is 16.9 Å². The maximum Gasteiger partial charge on any atom is 0.229 e. The zero-order chi connectivity index (χ0) is 21.0. The predicted molar refractivity (Wildman–Crippen MR) is 117 cm³/mol. The van der Waals surface area contributed by atoms with E-state index >= 15 is 0 Å². The Morgan fingerprint density at radius 2 is 2.16 bits per heavy atom. The topological polar surface area (TPSA) is 77.4 Å². The first kappa shape index (κ1) is 20.3. The number of carbonyl (C=O) groups excluding carboxylic acids is 1. The number of carbonyl (C=O) groups is 1. The number of nitrogens with zero attached hydrogens (tertiary/aromatic N) is 3. The lowest BCUT2D eigenvalue weighted by molar-refractivity contribution is -0.945. The maximum atomic E-state index is 12.7. The lowest BCUT2D eigenvalue weighted by Crippen LogP contribution is -3.20. The van der Waals surface area contributed by atoms with E-state index in [1.54, 1.807) is 18.0 Å². The normalized spacial score (nSPS) is 24.9. The van der Waals surface area contributed by atoms with Crippen molar-refractivity contribution in [2.24, 2.45) is 11.8 Å².